The van der Waals surface area contributed by atoms with Crippen LogP contribution < -0.4 is 0 Å². The smallest absolute Gasteiger partial charge is 0.234 e. The molecule has 0 spiro atoms. The molecule has 1 atom stereocenters. The van der Waals surface area contributed by atoms with Crippen LogP contribution in [0.4, 0.5) is 0 Å². The predicted molar refractivity (Wildman–Crippen MR) is 75.0 cm³/mol. The molecule has 6 nitrogen and oxygen atoms in total. The lowest BCUT2D eigenvalue weighted by Crippen LogP contribution is -2.35. The lowest BCUT2D eigenvalue weighted by molar-refractivity contribution is -0.0264. The fourth-order valence-electron chi connectivity index (χ4n) is 2.27. The lowest BCUT2D eigenvalue weighted by atomic mass is 10.1. The van der Waals surface area contributed by atoms with Crippen molar-refractivity contribution in [3.63, 3.8) is 0 Å². The van der Waals surface area contributed by atoms with Gasteiger partial charge in [-0.05, 0) is 7.05 Å². The summed E-state index contributed by atoms with van der Waals surface area (Å²) < 4.78 is 10.8. The molecular weight excluding hydrogens is 270 g/mol. The molecule has 0 bridgehead atoms. The molecule has 1 aliphatic heterocycles. The van der Waals surface area contributed by atoms with Gasteiger partial charge in [-0.25, -0.2) is 0 Å². The average Bonchev–Trinajstić information content (AvgIpc) is 2.97. The molecule has 0 N–H and O–H groups in total. The van der Waals surface area contributed by atoms with E-state index in [1.54, 1.807) is 12.1 Å². The summed E-state index contributed by atoms with van der Waals surface area (Å²) in [6.07, 6.45) is -0.0763. The number of ether oxygens (including phenoxy) is 1. The molecule has 6 heteroatoms. The van der Waals surface area contributed by atoms with Gasteiger partial charge >= 0.3 is 0 Å². The highest BCUT2D eigenvalue weighted by Crippen LogP contribution is 2.19. The highest BCUT2D eigenvalue weighted by Gasteiger charge is 2.24. The standard InChI is InChI=1S/C15H17N3O3/c1-18-7-8-20-13(10-18)15-16-14(21-17-15)9-12(19)11-5-3-2-4-6-11/h2-6,13H,7-10H2,1H3. The van der Waals surface area contributed by atoms with Crippen LogP contribution in [-0.4, -0.2) is 47.6 Å². The van der Waals surface area contributed by atoms with E-state index in [1.165, 1.54) is 0 Å². The molecule has 3 rings (SSSR count). The summed E-state index contributed by atoms with van der Waals surface area (Å²) >= 11 is 0. The third-order valence-electron chi connectivity index (χ3n) is 3.45. The SMILES string of the molecule is CN1CCOC(c2noc(CC(=O)c3ccccc3)n2)C1. The molecule has 1 aromatic heterocycles. The van der Waals surface area contributed by atoms with E-state index in [0.29, 0.717) is 23.9 Å². The maximum Gasteiger partial charge on any atom is 0.234 e. The molecule has 1 aliphatic rings. The summed E-state index contributed by atoms with van der Waals surface area (Å²) in [5.41, 5.74) is 0.644. The number of morpholine rings is 1. The average molecular weight is 287 g/mol. The minimum absolute atomic E-state index is 0.0347. The van der Waals surface area contributed by atoms with E-state index in [-0.39, 0.29) is 18.3 Å². The molecule has 1 aromatic carbocycles. The van der Waals surface area contributed by atoms with Crippen molar-refractivity contribution in [3.8, 4) is 0 Å². The zero-order chi connectivity index (χ0) is 14.7. The van der Waals surface area contributed by atoms with Crippen LogP contribution in [0.1, 0.15) is 28.2 Å². The Morgan fingerprint density at radius 2 is 2.19 bits per heavy atom. The van der Waals surface area contributed by atoms with Crippen LogP contribution in [0.5, 0.6) is 0 Å². The van der Waals surface area contributed by atoms with Crippen molar-refractivity contribution in [2.45, 2.75) is 12.5 Å². The first-order valence-electron chi connectivity index (χ1n) is 6.93. The van der Waals surface area contributed by atoms with Crippen LogP contribution in [0.15, 0.2) is 34.9 Å². The number of likely N-dealkylation sites (N-methyl/N-ethyl adjacent to an activating group) is 1. The van der Waals surface area contributed by atoms with Gasteiger partial charge in [-0.15, -0.1) is 0 Å². The Labute approximate surface area is 122 Å². The molecule has 1 unspecified atom stereocenters. The third-order valence-corrected chi connectivity index (χ3v) is 3.45. The molecule has 2 heterocycles. The van der Waals surface area contributed by atoms with Crippen molar-refractivity contribution in [1.82, 2.24) is 15.0 Å². The van der Waals surface area contributed by atoms with Gasteiger partial charge in [0.25, 0.3) is 0 Å². The number of hydrogen-bond donors (Lipinski definition) is 0. The van der Waals surface area contributed by atoms with Gasteiger partial charge < -0.3 is 14.2 Å². The second-order valence-electron chi connectivity index (χ2n) is 5.13. The third kappa shape index (κ3) is 3.34. The second kappa shape index (κ2) is 6.15. The zero-order valence-electron chi connectivity index (χ0n) is 11.9. The number of carbonyl (C=O) groups is 1. The number of carbonyl (C=O) groups excluding carboxylic acids is 1. The van der Waals surface area contributed by atoms with E-state index < -0.39 is 0 Å². The molecule has 21 heavy (non-hydrogen) atoms. The van der Waals surface area contributed by atoms with Crippen LogP contribution in [0.25, 0.3) is 0 Å². The van der Waals surface area contributed by atoms with Gasteiger partial charge in [0, 0.05) is 18.7 Å². The fraction of sp³-hybridized carbons (Fsp3) is 0.400. The summed E-state index contributed by atoms with van der Waals surface area (Å²) in [5, 5.41) is 3.93. The van der Waals surface area contributed by atoms with E-state index in [4.69, 9.17) is 9.26 Å². The monoisotopic (exact) mass is 287 g/mol. The Kier molecular flexibility index (Phi) is 4.08. The number of Topliss-reactive ketones (excluding diaryl/α,β-unsaturated/α-hetero) is 1. The number of aromatic nitrogens is 2. The van der Waals surface area contributed by atoms with E-state index in [0.717, 1.165) is 13.1 Å². The van der Waals surface area contributed by atoms with Crippen molar-refractivity contribution in [2.75, 3.05) is 26.7 Å². The van der Waals surface area contributed by atoms with Crippen LogP contribution in [0.2, 0.25) is 0 Å². The number of hydrogen-bond acceptors (Lipinski definition) is 6. The minimum Gasteiger partial charge on any atom is -0.367 e. The molecule has 1 saturated heterocycles. The van der Waals surface area contributed by atoms with E-state index in [9.17, 15) is 4.79 Å². The maximum absolute atomic E-state index is 12.1. The van der Waals surface area contributed by atoms with Crippen LogP contribution in [0, 0.1) is 0 Å². The van der Waals surface area contributed by atoms with E-state index in [2.05, 4.69) is 15.0 Å². The summed E-state index contributed by atoms with van der Waals surface area (Å²) in [5.74, 6) is 0.806. The normalized spacial score (nSPS) is 19.6. The van der Waals surface area contributed by atoms with Crippen molar-refractivity contribution in [3.05, 3.63) is 47.6 Å². The van der Waals surface area contributed by atoms with E-state index in [1.807, 2.05) is 25.2 Å². The first-order chi connectivity index (χ1) is 10.2. The topological polar surface area (TPSA) is 68.5 Å². The fourth-order valence-corrected chi connectivity index (χ4v) is 2.27. The highest BCUT2D eigenvalue weighted by molar-refractivity contribution is 5.96. The number of rotatable bonds is 4. The lowest BCUT2D eigenvalue weighted by Gasteiger charge is -2.27. The molecule has 1 fully saturated rings. The zero-order valence-corrected chi connectivity index (χ0v) is 11.9. The first-order valence-corrected chi connectivity index (χ1v) is 6.93. The molecule has 0 aliphatic carbocycles. The van der Waals surface area contributed by atoms with Crippen molar-refractivity contribution >= 4 is 5.78 Å². The van der Waals surface area contributed by atoms with Gasteiger partial charge in [-0.2, -0.15) is 4.98 Å². The molecule has 0 radical (unpaired) electrons. The van der Waals surface area contributed by atoms with Gasteiger partial charge in [0.05, 0.1) is 13.0 Å². The summed E-state index contributed by atoms with van der Waals surface area (Å²) in [4.78, 5) is 18.5. The highest BCUT2D eigenvalue weighted by atomic mass is 16.5. The number of benzene rings is 1. The van der Waals surface area contributed by atoms with Crippen molar-refractivity contribution < 1.29 is 14.1 Å². The molecular formula is C15H17N3O3. The van der Waals surface area contributed by atoms with Gasteiger partial charge in [0.15, 0.2) is 5.78 Å². The van der Waals surface area contributed by atoms with E-state index >= 15 is 0 Å². The Bertz CT molecular complexity index is 612. The first kappa shape index (κ1) is 13.9. The Balaban J connectivity index is 1.66. The summed E-state index contributed by atoms with van der Waals surface area (Å²) in [6, 6.07) is 9.09. The van der Waals surface area contributed by atoms with Crippen molar-refractivity contribution in [2.24, 2.45) is 0 Å². The maximum atomic E-state index is 12.1. The van der Waals surface area contributed by atoms with Crippen LogP contribution >= 0.6 is 0 Å². The van der Waals surface area contributed by atoms with Crippen LogP contribution in [0.3, 0.4) is 0 Å². The summed E-state index contributed by atoms with van der Waals surface area (Å²) in [7, 11) is 2.02. The Hall–Kier alpha value is -2.05. The molecule has 0 saturated carbocycles. The summed E-state index contributed by atoms with van der Waals surface area (Å²) in [6.45, 7) is 2.27. The molecule has 0 amide bonds. The molecule has 110 valence electrons. The van der Waals surface area contributed by atoms with Gasteiger partial charge in [-0.1, -0.05) is 35.5 Å². The van der Waals surface area contributed by atoms with Gasteiger partial charge in [0.1, 0.15) is 6.10 Å². The quantitative estimate of drug-likeness (QED) is 0.794. The Morgan fingerprint density at radius 1 is 1.38 bits per heavy atom. The van der Waals surface area contributed by atoms with Crippen molar-refractivity contribution in [1.29, 1.82) is 0 Å². The Morgan fingerprint density at radius 3 is 2.95 bits per heavy atom. The minimum atomic E-state index is -0.187. The van der Waals surface area contributed by atoms with Gasteiger partial charge in [-0.3, -0.25) is 4.79 Å². The number of ketones is 1. The van der Waals surface area contributed by atoms with Gasteiger partial charge in [0.2, 0.25) is 11.7 Å². The second-order valence-corrected chi connectivity index (χ2v) is 5.13. The van der Waals surface area contributed by atoms with Crippen LogP contribution in [-0.2, 0) is 11.2 Å². The number of nitrogens with zero attached hydrogens (tertiary/aromatic N) is 3. The molecule has 2 aromatic rings. The predicted octanol–water partition coefficient (Wildman–Crippen LogP) is 1.50. The largest absolute Gasteiger partial charge is 0.367 e.